The minimum Gasteiger partial charge on any atom is -0.467 e. The van der Waals surface area contributed by atoms with Crippen molar-refractivity contribution in [2.75, 3.05) is 18.5 Å². The van der Waals surface area contributed by atoms with Crippen LogP contribution in [0.4, 0.5) is 5.82 Å². The van der Waals surface area contributed by atoms with Crippen LogP contribution in [0.25, 0.3) is 5.69 Å². The second-order valence-corrected chi connectivity index (χ2v) is 9.32. The Balaban J connectivity index is 1.36. The van der Waals surface area contributed by atoms with E-state index in [1.807, 2.05) is 57.2 Å². The monoisotopic (exact) mass is 464 g/mol. The molecule has 3 aromatic rings. The average molecular weight is 465 g/mol. The number of esters is 1. The topological polar surface area (TPSA) is 107 Å². The van der Waals surface area contributed by atoms with Crippen LogP contribution in [-0.2, 0) is 31.1 Å². The highest BCUT2D eigenvalue weighted by atomic mass is 16.5. The first-order valence-electron chi connectivity index (χ1n) is 11.1. The molecule has 1 aromatic carbocycles. The molecule has 1 atom stereocenters. The molecule has 34 heavy (non-hydrogen) atoms. The summed E-state index contributed by atoms with van der Waals surface area (Å²) in [5, 5.41) is 7.44. The molecular weight excluding hydrogens is 436 g/mol. The molecule has 0 spiro atoms. The van der Waals surface area contributed by atoms with Crippen LogP contribution in [0.15, 0.2) is 59.2 Å². The van der Waals surface area contributed by atoms with Crippen molar-refractivity contribution in [3.63, 3.8) is 0 Å². The van der Waals surface area contributed by atoms with Crippen molar-refractivity contribution in [1.29, 1.82) is 0 Å². The van der Waals surface area contributed by atoms with Gasteiger partial charge in [-0.05, 0) is 24.3 Å². The Morgan fingerprint density at radius 3 is 2.62 bits per heavy atom. The van der Waals surface area contributed by atoms with E-state index in [9.17, 15) is 14.4 Å². The van der Waals surface area contributed by atoms with Crippen molar-refractivity contribution >= 4 is 23.6 Å². The lowest BCUT2D eigenvalue weighted by Gasteiger charge is -2.14. The molecule has 0 saturated carbocycles. The minimum atomic E-state index is -0.613. The Bertz CT molecular complexity index is 1160. The van der Waals surface area contributed by atoms with Crippen molar-refractivity contribution in [3.8, 4) is 5.69 Å². The summed E-state index contributed by atoms with van der Waals surface area (Å²) >= 11 is 0. The van der Waals surface area contributed by atoms with Crippen molar-refractivity contribution in [2.45, 2.75) is 39.2 Å². The van der Waals surface area contributed by atoms with E-state index in [0.29, 0.717) is 18.1 Å². The number of ether oxygens (including phenoxy) is 1. The number of hydrogen-bond donors (Lipinski definition) is 1. The molecule has 3 heterocycles. The second-order valence-electron chi connectivity index (χ2n) is 9.32. The van der Waals surface area contributed by atoms with Gasteiger partial charge >= 0.3 is 5.97 Å². The van der Waals surface area contributed by atoms with Crippen LogP contribution in [0.5, 0.6) is 0 Å². The average Bonchev–Trinajstić information content (AvgIpc) is 3.54. The number of hydrogen-bond acceptors (Lipinski definition) is 6. The number of nitrogens with one attached hydrogen (secondary N) is 1. The molecule has 1 fully saturated rings. The molecule has 178 valence electrons. The highest BCUT2D eigenvalue weighted by Crippen LogP contribution is 2.26. The molecule has 4 rings (SSSR count). The van der Waals surface area contributed by atoms with Gasteiger partial charge in [-0.3, -0.25) is 14.4 Å². The number of rotatable bonds is 7. The summed E-state index contributed by atoms with van der Waals surface area (Å²) in [5.41, 5.74) is 1.39. The van der Waals surface area contributed by atoms with E-state index < -0.39 is 24.4 Å². The van der Waals surface area contributed by atoms with Gasteiger partial charge in [0.2, 0.25) is 5.91 Å². The Morgan fingerprint density at radius 2 is 1.94 bits per heavy atom. The van der Waals surface area contributed by atoms with Gasteiger partial charge in [0.05, 0.1) is 30.1 Å². The lowest BCUT2D eigenvalue weighted by atomic mass is 9.92. The molecule has 9 nitrogen and oxygen atoms in total. The van der Waals surface area contributed by atoms with E-state index in [-0.39, 0.29) is 24.3 Å². The number of nitrogens with zero attached hydrogens (tertiary/aromatic N) is 3. The third-order valence-electron chi connectivity index (χ3n) is 5.57. The maximum Gasteiger partial charge on any atom is 0.311 e. The third kappa shape index (κ3) is 5.36. The number of aromatic nitrogens is 2. The third-order valence-corrected chi connectivity index (χ3v) is 5.57. The molecule has 0 bridgehead atoms. The predicted molar refractivity (Wildman–Crippen MR) is 124 cm³/mol. The molecule has 0 unspecified atom stereocenters. The van der Waals surface area contributed by atoms with Gasteiger partial charge in [-0.1, -0.05) is 39.0 Å². The van der Waals surface area contributed by atoms with Gasteiger partial charge in [0.25, 0.3) is 5.91 Å². The first-order valence-corrected chi connectivity index (χ1v) is 11.1. The lowest BCUT2D eigenvalue weighted by Crippen LogP contribution is -2.28. The molecule has 0 radical (unpaired) electrons. The summed E-state index contributed by atoms with van der Waals surface area (Å²) in [6.45, 7) is 6.19. The molecule has 1 aliphatic heterocycles. The number of furan rings is 1. The van der Waals surface area contributed by atoms with Gasteiger partial charge in [-0.15, -0.1) is 0 Å². The Hall–Kier alpha value is -3.88. The lowest BCUT2D eigenvalue weighted by molar-refractivity contribution is -0.151. The van der Waals surface area contributed by atoms with Gasteiger partial charge in [0.1, 0.15) is 11.6 Å². The van der Waals surface area contributed by atoms with Gasteiger partial charge in [-0.25, -0.2) is 4.68 Å². The van der Waals surface area contributed by atoms with Crippen LogP contribution in [0.1, 0.15) is 38.6 Å². The summed E-state index contributed by atoms with van der Waals surface area (Å²) in [4.78, 5) is 38.9. The quantitative estimate of drug-likeness (QED) is 0.538. The molecule has 1 saturated heterocycles. The van der Waals surface area contributed by atoms with Gasteiger partial charge in [0, 0.05) is 24.4 Å². The molecule has 1 N–H and O–H groups in total. The number of anilines is 1. The van der Waals surface area contributed by atoms with Gasteiger partial charge in [0.15, 0.2) is 6.61 Å². The first-order chi connectivity index (χ1) is 16.2. The molecule has 2 aromatic heterocycles. The van der Waals surface area contributed by atoms with E-state index in [4.69, 9.17) is 9.15 Å². The number of para-hydroxylation sites is 1. The standard InChI is InChI=1S/C25H28N4O5/c1-25(2,3)20-13-21(29(27-20)18-8-5-4-6-9-18)26-22(30)16-34-24(32)17-12-23(31)28(14-17)15-19-10-7-11-33-19/h4-11,13,17H,12,14-16H2,1-3H3,(H,26,30)/t17-/m0/s1. The van der Waals surface area contributed by atoms with Crippen molar-refractivity contribution < 1.29 is 23.5 Å². The number of likely N-dealkylation sites (tertiary alicyclic amines) is 1. The first kappa shape index (κ1) is 23.3. The predicted octanol–water partition coefficient (Wildman–Crippen LogP) is 3.29. The number of carbonyl (C=O) groups excluding carboxylic acids is 3. The zero-order chi connectivity index (χ0) is 24.3. The fourth-order valence-electron chi connectivity index (χ4n) is 3.71. The smallest absolute Gasteiger partial charge is 0.311 e. The molecule has 1 aliphatic rings. The zero-order valence-electron chi connectivity index (χ0n) is 19.5. The fraction of sp³-hybridized carbons (Fsp3) is 0.360. The maximum absolute atomic E-state index is 12.6. The van der Waals surface area contributed by atoms with Gasteiger partial charge < -0.3 is 19.4 Å². The zero-order valence-corrected chi connectivity index (χ0v) is 19.5. The number of carbonyl (C=O) groups is 3. The Morgan fingerprint density at radius 1 is 1.18 bits per heavy atom. The summed E-state index contributed by atoms with van der Waals surface area (Å²) < 4.78 is 12.2. The van der Waals surface area contributed by atoms with Crippen LogP contribution >= 0.6 is 0 Å². The van der Waals surface area contributed by atoms with E-state index >= 15 is 0 Å². The highest BCUT2D eigenvalue weighted by Gasteiger charge is 2.36. The Kier molecular flexibility index (Phi) is 6.54. The summed E-state index contributed by atoms with van der Waals surface area (Å²) in [6, 6.07) is 14.8. The Labute approximate surface area is 197 Å². The van der Waals surface area contributed by atoms with Crippen LogP contribution in [-0.4, -0.2) is 45.6 Å². The van der Waals surface area contributed by atoms with E-state index in [1.165, 1.54) is 6.26 Å². The van der Waals surface area contributed by atoms with E-state index in [2.05, 4.69) is 10.4 Å². The van der Waals surface area contributed by atoms with Gasteiger partial charge in [-0.2, -0.15) is 5.10 Å². The molecule has 0 aliphatic carbocycles. The number of benzene rings is 1. The van der Waals surface area contributed by atoms with E-state index in [1.54, 1.807) is 21.7 Å². The normalized spacial score (nSPS) is 16.0. The van der Waals surface area contributed by atoms with Crippen molar-refractivity contribution in [2.24, 2.45) is 5.92 Å². The van der Waals surface area contributed by atoms with Crippen LogP contribution in [0.2, 0.25) is 0 Å². The SMILES string of the molecule is CC(C)(C)c1cc(NC(=O)COC(=O)[C@H]2CC(=O)N(Cc3ccco3)C2)n(-c2ccccc2)n1. The maximum atomic E-state index is 12.6. The fourth-order valence-corrected chi connectivity index (χ4v) is 3.71. The minimum absolute atomic E-state index is 0.0525. The summed E-state index contributed by atoms with van der Waals surface area (Å²) in [6.07, 6.45) is 1.59. The van der Waals surface area contributed by atoms with E-state index in [0.717, 1.165) is 11.4 Å². The molecular formula is C25H28N4O5. The van der Waals surface area contributed by atoms with Crippen molar-refractivity contribution in [1.82, 2.24) is 14.7 Å². The highest BCUT2D eigenvalue weighted by molar-refractivity contribution is 5.93. The largest absolute Gasteiger partial charge is 0.467 e. The van der Waals surface area contributed by atoms with Crippen molar-refractivity contribution in [3.05, 3.63) is 66.2 Å². The summed E-state index contributed by atoms with van der Waals surface area (Å²) in [7, 11) is 0. The van der Waals surface area contributed by atoms with Crippen LogP contribution < -0.4 is 5.32 Å². The second kappa shape index (κ2) is 9.54. The molecule has 9 heteroatoms. The number of amides is 2. The molecule has 2 amide bonds. The van der Waals surface area contributed by atoms with Crippen LogP contribution in [0.3, 0.4) is 0 Å². The van der Waals surface area contributed by atoms with Crippen LogP contribution in [0, 0.1) is 5.92 Å². The summed E-state index contributed by atoms with van der Waals surface area (Å²) in [5.74, 6) is -0.689.